The lowest BCUT2D eigenvalue weighted by Gasteiger charge is -1.91. The van der Waals surface area contributed by atoms with Gasteiger partial charge in [0, 0.05) is 11.6 Å². The van der Waals surface area contributed by atoms with Crippen molar-refractivity contribution >= 4 is 6.47 Å². The van der Waals surface area contributed by atoms with Crippen LogP contribution in [0.4, 0.5) is 0 Å². The Labute approximate surface area is 116 Å². The van der Waals surface area contributed by atoms with Crippen LogP contribution in [-0.2, 0) is 11.2 Å². The van der Waals surface area contributed by atoms with Gasteiger partial charge in [0.05, 0.1) is 5.69 Å². The largest absolute Gasteiger partial charge is 0.483 e. The van der Waals surface area contributed by atoms with Crippen molar-refractivity contribution in [3.63, 3.8) is 0 Å². The number of nitrogens with one attached hydrogen (secondary N) is 1. The third-order valence-corrected chi connectivity index (χ3v) is 2.87. The fraction of sp³-hybridized carbons (Fsp3) is 0.733. The minimum absolute atomic E-state index is 0.250. The Morgan fingerprint density at radius 1 is 1.37 bits per heavy atom. The first kappa shape index (κ1) is 17.7. The maximum atomic E-state index is 8.36. The van der Waals surface area contributed by atoms with Gasteiger partial charge in [-0.1, -0.05) is 34.6 Å². The zero-order valence-corrected chi connectivity index (χ0v) is 13.0. The van der Waals surface area contributed by atoms with E-state index < -0.39 is 0 Å². The molecule has 0 aliphatic heterocycles. The van der Waals surface area contributed by atoms with Crippen molar-refractivity contribution in [2.75, 3.05) is 0 Å². The zero-order chi connectivity index (χ0) is 15.0. The molecule has 0 saturated heterocycles. The van der Waals surface area contributed by atoms with E-state index in [9.17, 15) is 0 Å². The molecule has 1 heterocycles. The Bertz CT molecular complexity index is 369. The molecule has 0 unspecified atom stereocenters. The monoisotopic (exact) mass is 268 g/mol. The minimum atomic E-state index is -0.250. The zero-order valence-electron chi connectivity index (χ0n) is 13.0. The standard InChI is InChI=1S/C8H10N2.C4H10.C2H6.CH2O2/c1-4-6-2-5-3-7(5)8(6)10-9-4;1-4(2)3;1-2;2-1-3/h5,7H,2-3H2,1H3,(H,9,10);4H,1-3H3;1-2H3;1H,(H,2,3)/t5-,7+;;;/m0.../s1. The second-order valence-electron chi connectivity index (χ2n) is 5.35. The smallest absolute Gasteiger partial charge is 0.290 e. The molecule has 0 amide bonds. The Kier molecular flexibility index (Phi) is 8.12. The summed E-state index contributed by atoms with van der Waals surface area (Å²) < 4.78 is 0. The second-order valence-corrected chi connectivity index (χ2v) is 5.35. The van der Waals surface area contributed by atoms with Gasteiger partial charge in [0.2, 0.25) is 0 Å². The molecule has 1 saturated carbocycles. The highest BCUT2D eigenvalue weighted by atomic mass is 16.3. The average molecular weight is 268 g/mol. The molecule has 0 aromatic carbocycles. The van der Waals surface area contributed by atoms with Crippen LogP contribution in [0, 0.1) is 18.8 Å². The van der Waals surface area contributed by atoms with Crippen molar-refractivity contribution in [1.82, 2.24) is 10.2 Å². The first-order chi connectivity index (χ1) is 9.01. The number of hydrogen-bond donors (Lipinski definition) is 2. The molecule has 0 radical (unpaired) electrons. The fourth-order valence-electron chi connectivity index (χ4n) is 2.13. The number of H-pyrrole nitrogens is 1. The number of carboxylic acid groups (broad SMARTS) is 1. The predicted octanol–water partition coefficient (Wildman–Crippen LogP) is 3.77. The molecule has 3 rings (SSSR count). The molecule has 2 aliphatic rings. The SMILES string of the molecule is CC.CC(C)C.Cc1n[nH]c2c1C[C@H]1C[C@@H]21.O=CO. The van der Waals surface area contributed by atoms with Crippen LogP contribution in [0.3, 0.4) is 0 Å². The Morgan fingerprint density at radius 3 is 2.26 bits per heavy atom. The summed E-state index contributed by atoms with van der Waals surface area (Å²) in [6, 6.07) is 0. The second kappa shape index (κ2) is 8.73. The number of aromatic nitrogens is 2. The van der Waals surface area contributed by atoms with Crippen molar-refractivity contribution < 1.29 is 9.90 Å². The predicted molar refractivity (Wildman–Crippen MR) is 78.4 cm³/mol. The minimum Gasteiger partial charge on any atom is -0.483 e. The molecule has 4 nitrogen and oxygen atoms in total. The molecule has 0 spiro atoms. The summed E-state index contributed by atoms with van der Waals surface area (Å²) in [4.78, 5) is 8.36. The van der Waals surface area contributed by atoms with Gasteiger partial charge in [0.15, 0.2) is 0 Å². The number of nitrogens with zero attached hydrogens (tertiary/aromatic N) is 1. The molecule has 4 heteroatoms. The van der Waals surface area contributed by atoms with E-state index in [4.69, 9.17) is 9.90 Å². The summed E-state index contributed by atoms with van der Waals surface area (Å²) in [7, 11) is 0. The van der Waals surface area contributed by atoms with E-state index in [2.05, 4.69) is 37.9 Å². The number of carbonyl (C=O) groups is 1. The number of aromatic amines is 1. The summed E-state index contributed by atoms with van der Waals surface area (Å²) in [5, 5.41) is 14.2. The molecule has 1 aromatic rings. The van der Waals surface area contributed by atoms with E-state index in [1.54, 1.807) is 0 Å². The van der Waals surface area contributed by atoms with E-state index in [1.165, 1.54) is 29.8 Å². The molecule has 19 heavy (non-hydrogen) atoms. The first-order valence-electron chi connectivity index (χ1n) is 7.12. The number of aryl methyl sites for hydroxylation is 1. The van der Waals surface area contributed by atoms with E-state index in [0.29, 0.717) is 0 Å². The van der Waals surface area contributed by atoms with Crippen LogP contribution < -0.4 is 0 Å². The van der Waals surface area contributed by atoms with Crippen molar-refractivity contribution in [2.45, 2.75) is 60.3 Å². The molecule has 2 N–H and O–H groups in total. The normalized spacial score (nSPS) is 20.6. The van der Waals surface area contributed by atoms with Gasteiger partial charge in [-0.3, -0.25) is 9.89 Å². The Morgan fingerprint density at radius 2 is 1.84 bits per heavy atom. The lowest BCUT2D eigenvalue weighted by molar-refractivity contribution is -0.122. The van der Waals surface area contributed by atoms with Crippen molar-refractivity contribution in [1.29, 1.82) is 0 Å². The maximum absolute atomic E-state index is 8.36. The first-order valence-corrected chi connectivity index (χ1v) is 7.12. The van der Waals surface area contributed by atoms with E-state index in [-0.39, 0.29) is 6.47 Å². The van der Waals surface area contributed by atoms with Crippen molar-refractivity contribution in [2.24, 2.45) is 11.8 Å². The molecule has 110 valence electrons. The van der Waals surface area contributed by atoms with Crippen LogP contribution in [0.25, 0.3) is 0 Å². The highest BCUT2D eigenvalue weighted by Gasteiger charge is 2.47. The molecular weight excluding hydrogens is 240 g/mol. The van der Waals surface area contributed by atoms with Gasteiger partial charge in [-0.25, -0.2) is 0 Å². The highest BCUT2D eigenvalue weighted by Crippen LogP contribution is 2.55. The Balaban J connectivity index is 0.000000309. The summed E-state index contributed by atoms with van der Waals surface area (Å²) >= 11 is 0. The maximum Gasteiger partial charge on any atom is 0.290 e. The van der Waals surface area contributed by atoms with Crippen molar-refractivity contribution in [3.8, 4) is 0 Å². The quantitative estimate of drug-likeness (QED) is 0.704. The van der Waals surface area contributed by atoms with Crippen LogP contribution in [0.2, 0.25) is 0 Å². The molecule has 2 atom stereocenters. The van der Waals surface area contributed by atoms with Crippen LogP contribution in [0.15, 0.2) is 0 Å². The van der Waals surface area contributed by atoms with Gasteiger partial charge in [-0.05, 0) is 37.2 Å². The average Bonchev–Trinajstić information content (AvgIpc) is 2.88. The number of hydrogen-bond acceptors (Lipinski definition) is 2. The summed E-state index contributed by atoms with van der Waals surface area (Å²) in [6.45, 7) is 12.3. The van der Waals surface area contributed by atoms with Crippen LogP contribution in [0.5, 0.6) is 0 Å². The molecular formula is C15H28N2O2. The summed E-state index contributed by atoms with van der Waals surface area (Å²) in [6.07, 6.45) is 2.71. The van der Waals surface area contributed by atoms with E-state index >= 15 is 0 Å². The lowest BCUT2D eigenvalue weighted by atomic mass is 10.1. The molecule has 0 bridgehead atoms. The summed E-state index contributed by atoms with van der Waals surface area (Å²) in [5.74, 6) is 2.69. The van der Waals surface area contributed by atoms with Gasteiger partial charge in [-0.2, -0.15) is 5.10 Å². The summed E-state index contributed by atoms with van der Waals surface area (Å²) in [5.41, 5.74) is 4.19. The molecule has 1 fully saturated rings. The Hall–Kier alpha value is -1.32. The van der Waals surface area contributed by atoms with Gasteiger partial charge in [0.25, 0.3) is 6.47 Å². The topological polar surface area (TPSA) is 66.0 Å². The van der Waals surface area contributed by atoms with E-state index in [1.807, 2.05) is 13.8 Å². The molecule has 2 aliphatic carbocycles. The third kappa shape index (κ3) is 5.45. The fourth-order valence-corrected chi connectivity index (χ4v) is 2.13. The number of rotatable bonds is 0. The molecule has 1 aromatic heterocycles. The van der Waals surface area contributed by atoms with Crippen LogP contribution in [-0.4, -0.2) is 21.8 Å². The van der Waals surface area contributed by atoms with Crippen LogP contribution >= 0.6 is 0 Å². The third-order valence-electron chi connectivity index (χ3n) is 2.87. The number of fused-ring (bicyclic) bond motifs is 3. The van der Waals surface area contributed by atoms with Gasteiger partial charge >= 0.3 is 0 Å². The van der Waals surface area contributed by atoms with Gasteiger partial charge in [0.1, 0.15) is 0 Å². The van der Waals surface area contributed by atoms with Crippen molar-refractivity contribution in [3.05, 3.63) is 17.0 Å². The van der Waals surface area contributed by atoms with E-state index in [0.717, 1.165) is 17.8 Å². The van der Waals surface area contributed by atoms with Gasteiger partial charge in [-0.15, -0.1) is 0 Å². The van der Waals surface area contributed by atoms with Gasteiger partial charge < -0.3 is 5.11 Å². The van der Waals surface area contributed by atoms with Crippen LogP contribution in [0.1, 0.15) is 63.9 Å². The lowest BCUT2D eigenvalue weighted by Crippen LogP contribution is -1.83. The highest BCUT2D eigenvalue weighted by molar-refractivity contribution is 5.38.